The van der Waals surface area contributed by atoms with E-state index in [1.54, 1.807) is 36.4 Å². The van der Waals surface area contributed by atoms with E-state index in [0.717, 1.165) is 0 Å². The molecule has 2 rings (SSSR count). The van der Waals surface area contributed by atoms with Gasteiger partial charge in [-0.15, -0.1) is 0 Å². The molecule has 0 saturated heterocycles. The Balaban J connectivity index is 2.63. The van der Waals surface area contributed by atoms with Gasteiger partial charge >= 0.3 is 23.9 Å². The van der Waals surface area contributed by atoms with Crippen LogP contribution in [0.3, 0.4) is 0 Å². The molecule has 0 fully saturated rings. The highest BCUT2D eigenvalue weighted by Crippen LogP contribution is 2.33. The van der Waals surface area contributed by atoms with Gasteiger partial charge in [-0.25, -0.2) is 19.6 Å². The molecular weight excluding hydrogens is 420 g/mol. The van der Waals surface area contributed by atoms with Gasteiger partial charge < -0.3 is 18.9 Å². The van der Waals surface area contributed by atoms with Crippen molar-refractivity contribution in [3.63, 3.8) is 0 Å². The van der Waals surface area contributed by atoms with Crippen LogP contribution in [0.15, 0.2) is 46.4 Å². The van der Waals surface area contributed by atoms with E-state index < -0.39 is 23.9 Å². The second-order valence-electron chi connectivity index (χ2n) is 6.26. The lowest BCUT2D eigenvalue weighted by atomic mass is 10.1. The van der Waals surface area contributed by atoms with Gasteiger partial charge in [-0.05, 0) is 12.1 Å². The molecule has 0 bridgehead atoms. The second-order valence-corrected chi connectivity index (χ2v) is 6.26. The summed E-state index contributed by atoms with van der Waals surface area (Å²) in [6.45, 7) is 0. The van der Waals surface area contributed by atoms with Crippen LogP contribution in [0.4, 0.5) is 11.4 Å². The number of carbonyl (C=O) groups excluding carboxylic acids is 4. The van der Waals surface area contributed by atoms with Crippen molar-refractivity contribution in [2.45, 2.75) is 12.8 Å². The number of esters is 4. The van der Waals surface area contributed by atoms with Crippen LogP contribution in [0, 0.1) is 0 Å². The number of benzene rings is 2. The summed E-state index contributed by atoms with van der Waals surface area (Å²) >= 11 is 0. The zero-order valence-corrected chi connectivity index (χ0v) is 18.0. The molecule has 0 radical (unpaired) electrons. The van der Waals surface area contributed by atoms with Gasteiger partial charge in [0, 0.05) is 10.8 Å². The van der Waals surface area contributed by atoms with Crippen molar-refractivity contribution in [1.82, 2.24) is 0 Å². The van der Waals surface area contributed by atoms with Crippen molar-refractivity contribution in [1.29, 1.82) is 0 Å². The van der Waals surface area contributed by atoms with E-state index in [1.165, 1.54) is 28.4 Å². The number of nitrogens with zero attached hydrogens (tertiary/aromatic N) is 2. The molecule has 0 aliphatic carbocycles. The molecule has 10 heteroatoms. The Labute approximate surface area is 183 Å². The lowest BCUT2D eigenvalue weighted by molar-refractivity contribution is -0.141. The average molecular weight is 442 g/mol. The quantitative estimate of drug-likeness (QED) is 0.346. The Bertz CT molecular complexity index is 1020. The smallest absolute Gasteiger partial charge is 0.353 e. The Hall–Kier alpha value is -4.08. The van der Waals surface area contributed by atoms with E-state index >= 15 is 0 Å². The number of carbonyl (C=O) groups is 4. The number of hydrogen-bond acceptors (Lipinski definition) is 10. The van der Waals surface area contributed by atoms with E-state index in [2.05, 4.69) is 19.5 Å². The monoisotopic (exact) mass is 442 g/mol. The lowest BCUT2D eigenvalue weighted by Crippen LogP contribution is -2.20. The third-order valence-corrected chi connectivity index (χ3v) is 4.31. The van der Waals surface area contributed by atoms with Gasteiger partial charge in [-0.2, -0.15) is 0 Å². The van der Waals surface area contributed by atoms with E-state index in [0.29, 0.717) is 22.1 Å². The van der Waals surface area contributed by atoms with E-state index in [1.807, 2.05) is 0 Å². The molecule has 0 N–H and O–H groups in total. The van der Waals surface area contributed by atoms with Crippen LogP contribution < -0.4 is 0 Å². The third-order valence-electron chi connectivity index (χ3n) is 4.31. The summed E-state index contributed by atoms with van der Waals surface area (Å²) in [5.41, 5.74) is 0.469. The van der Waals surface area contributed by atoms with Gasteiger partial charge in [0.15, 0.2) is 0 Å². The Morgan fingerprint density at radius 2 is 1.00 bits per heavy atom. The number of ether oxygens (including phenoxy) is 4. The summed E-state index contributed by atoms with van der Waals surface area (Å²) < 4.78 is 18.6. The molecule has 0 aromatic heterocycles. The van der Waals surface area contributed by atoms with E-state index in [-0.39, 0.29) is 24.3 Å². The first-order valence-corrected chi connectivity index (χ1v) is 9.31. The fourth-order valence-corrected chi connectivity index (χ4v) is 2.73. The minimum Gasteiger partial charge on any atom is -0.469 e. The van der Waals surface area contributed by atoms with Crippen molar-refractivity contribution in [3.05, 3.63) is 36.4 Å². The number of fused-ring (bicyclic) bond motifs is 1. The van der Waals surface area contributed by atoms with Crippen LogP contribution >= 0.6 is 0 Å². The summed E-state index contributed by atoms with van der Waals surface area (Å²) in [4.78, 5) is 56.1. The molecule has 0 amide bonds. The van der Waals surface area contributed by atoms with Gasteiger partial charge in [0.05, 0.1) is 52.7 Å². The average Bonchev–Trinajstić information content (AvgIpc) is 2.82. The Kier molecular flexibility index (Phi) is 8.58. The number of aliphatic imine (C=N–C) groups is 2. The molecule has 0 spiro atoms. The van der Waals surface area contributed by atoms with Gasteiger partial charge in [0.25, 0.3) is 0 Å². The Morgan fingerprint density at radius 1 is 0.625 bits per heavy atom. The van der Waals surface area contributed by atoms with Crippen molar-refractivity contribution >= 4 is 57.4 Å². The maximum absolute atomic E-state index is 12.1. The molecule has 0 aliphatic rings. The van der Waals surface area contributed by atoms with Crippen LogP contribution in [0.5, 0.6) is 0 Å². The Morgan fingerprint density at radius 3 is 1.31 bits per heavy atom. The SMILES string of the molecule is COC(=O)CC(=Nc1cccc2c(N=C(CC(=O)OC)C(=O)OC)cccc12)C(=O)OC. The minimum absolute atomic E-state index is 0.137. The molecule has 2 aromatic rings. The predicted octanol–water partition coefficient (Wildman–Crippen LogP) is 2.46. The fourth-order valence-electron chi connectivity index (χ4n) is 2.73. The molecule has 0 unspecified atom stereocenters. The highest BCUT2D eigenvalue weighted by atomic mass is 16.5. The molecule has 0 heterocycles. The first-order chi connectivity index (χ1) is 15.3. The molecule has 168 valence electrons. The molecule has 0 saturated carbocycles. The summed E-state index contributed by atoms with van der Waals surface area (Å²) in [7, 11) is 4.76. The van der Waals surface area contributed by atoms with Crippen molar-refractivity contribution < 1.29 is 38.1 Å². The van der Waals surface area contributed by atoms with E-state index in [4.69, 9.17) is 9.47 Å². The van der Waals surface area contributed by atoms with Crippen LogP contribution in [-0.4, -0.2) is 63.7 Å². The first kappa shape index (κ1) is 24.2. The maximum Gasteiger partial charge on any atom is 0.353 e. The van der Waals surface area contributed by atoms with Crippen LogP contribution in [-0.2, 0) is 38.1 Å². The van der Waals surface area contributed by atoms with Crippen molar-refractivity contribution in [2.75, 3.05) is 28.4 Å². The summed E-state index contributed by atoms with van der Waals surface area (Å²) in [6.07, 6.45) is -0.744. The van der Waals surface area contributed by atoms with Gasteiger partial charge in [0.1, 0.15) is 11.4 Å². The van der Waals surface area contributed by atoms with Crippen molar-refractivity contribution in [3.8, 4) is 0 Å². The topological polar surface area (TPSA) is 130 Å². The minimum atomic E-state index is -0.771. The largest absolute Gasteiger partial charge is 0.469 e. The van der Waals surface area contributed by atoms with Gasteiger partial charge in [-0.1, -0.05) is 24.3 Å². The number of methoxy groups -OCH3 is 4. The lowest BCUT2D eigenvalue weighted by Gasteiger charge is -2.09. The van der Waals surface area contributed by atoms with Crippen LogP contribution in [0.25, 0.3) is 10.8 Å². The molecule has 0 atom stereocenters. The molecular formula is C22H22N2O8. The van der Waals surface area contributed by atoms with Gasteiger partial charge in [0.2, 0.25) is 0 Å². The zero-order valence-electron chi connectivity index (χ0n) is 18.0. The molecule has 2 aromatic carbocycles. The highest BCUT2D eigenvalue weighted by molar-refractivity contribution is 6.40. The number of hydrogen-bond donors (Lipinski definition) is 0. The van der Waals surface area contributed by atoms with E-state index in [9.17, 15) is 19.2 Å². The summed E-state index contributed by atoms with van der Waals surface area (Å²) in [5, 5.41) is 1.17. The maximum atomic E-state index is 12.1. The molecule has 32 heavy (non-hydrogen) atoms. The van der Waals surface area contributed by atoms with Crippen LogP contribution in [0.2, 0.25) is 0 Å². The summed E-state index contributed by atoms with van der Waals surface area (Å²) in [6, 6.07) is 10.1. The number of rotatable bonds is 8. The standard InChI is InChI=1S/C22H22N2O8/c1-29-19(25)11-17(21(27)31-3)23-15-9-5-8-14-13(15)7-6-10-16(14)24-18(22(28)32-4)12-20(26)30-2/h5-10H,11-12H2,1-4H3. The molecule has 10 nitrogen and oxygen atoms in total. The molecule has 0 aliphatic heterocycles. The fraction of sp³-hybridized carbons (Fsp3) is 0.273. The van der Waals surface area contributed by atoms with Gasteiger partial charge in [-0.3, -0.25) is 9.59 Å². The summed E-state index contributed by atoms with van der Waals surface area (Å²) in [5.74, 6) is -2.84. The normalized spacial score (nSPS) is 11.6. The zero-order chi connectivity index (χ0) is 23.7. The van der Waals surface area contributed by atoms with Crippen LogP contribution in [0.1, 0.15) is 12.8 Å². The third kappa shape index (κ3) is 5.97. The first-order valence-electron chi connectivity index (χ1n) is 9.31. The highest BCUT2D eigenvalue weighted by Gasteiger charge is 2.19. The van der Waals surface area contributed by atoms with Crippen molar-refractivity contribution in [2.24, 2.45) is 9.98 Å². The second kappa shape index (κ2) is 11.3. The predicted molar refractivity (Wildman–Crippen MR) is 115 cm³/mol.